The molecule has 11 heteroatoms. The van der Waals surface area contributed by atoms with Gasteiger partial charge in [0.05, 0.1) is 5.56 Å². The second-order valence-electron chi connectivity index (χ2n) is 5.98. The number of carbonyl (C=O) groups is 1. The molecule has 5 nitrogen and oxygen atoms in total. The van der Waals surface area contributed by atoms with Crippen molar-refractivity contribution in [1.29, 1.82) is 0 Å². The molecule has 1 unspecified atom stereocenters. The van der Waals surface area contributed by atoms with Crippen molar-refractivity contribution in [1.82, 2.24) is 9.78 Å². The summed E-state index contributed by atoms with van der Waals surface area (Å²) in [5.41, 5.74) is -2.70. The fourth-order valence-electron chi connectivity index (χ4n) is 2.74. The molecule has 1 aromatic heterocycles. The van der Waals surface area contributed by atoms with Crippen molar-refractivity contribution in [2.24, 2.45) is 0 Å². The van der Waals surface area contributed by atoms with Gasteiger partial charge in [-0.2, -0.15) is 18.3 Å². The number of amides is 1. The molecule has 1 N–H and O–H groups in total. The van der Waals surface area contributed by atoms with E-state index in [1.54, 1.807) is 13.0 Å². The van der Waals surface area contributed by atoms with Crippen LogP contribution in [-0.2, 0) is 29.3 Å². The van der Waals surface area contributed by atoms with Crippen molar-refractivity contribution in [3.05, 3.63) is 46.3 Å². The zero-order valence-electron chi connectivity index (χ0n) is 15.2. The van der Waals surface area contributed by atoms with Gasteiger partial charge in [-0.25, -0.2) is 8.78 Å². The summed E-state index contributed by atoms with van der Waals surface area (Å²) in [5.74, 6) is -1.15. The Kier molecular flexibility index (Phi) is 6.58. The quantitative estimate of drug-likeness (QED) is 0.705. The third kappa shape index (κ3) is 4.57. The van der Waals surface area contributed by atoms with Crippen LogP contribution in [0.5, 0.6) is 0 Å². The van der Waals surface area contributed by atoms with Gasteiger partial charge in [0.15, 0.2) is 5.69 Å². The van der Waals surface area contributed by atoms with E-state index in [0.29, 0.717) is 15.8 Å². The Balaban J connectivity index is 2.53. The maximum atomic E-state index is 13.4. The second-order valence-corrected chi connectivity index (χ2v) is 7.42. The molecule has 0 aliphatic rings. The van der Waals surface area contributed by atoms with E-state index in [1.165, 1.54) is 25.3 Å². The van der Waals surface area contributed by atoms with Gasteiger partial charge in [-0.05, 0) is 31.0 Å². The summed E-state index contributed by atoms with van der Waals surface area (Å²) in [4.78, 5) is 12.6. The molecule has 0 spiro atoms. The maximum Gasteiger partial charge on any atom is 0.435 e. The maximum absolute atomic E-state index is 13.4. The van der Waals surface area contributed by atoms with Crippen LogP contribution in [0.2, 0.25) is 0 Å². The summed E-state index contributed by atoms with van der Waals surface area (Å²) >= 11 is 0. The van der Waals surface area contributed by atoms with E-state index in [4.69, 9.17) is 0 Å². The molecular formula is C17H18F5N3O2S. The minimum Gasteiger partial charge on any atom is -0.322 e. The van der Waals surface area contributed by atoms with Crippen LogP contribution in [0.15, 0.2) is 18.2 Å². The number of nitrogens with zero attached hydrogens (tertiary/aromatic N) is 2. The fraction of sp³-hybridized carbons (Fsp3) is 0.412. The van der Waals surface area contributed by atoms with Gasteiger partial charge in [-0.3, -0.25) is 13.7 Å². The van der Waals surface area contributed by atoms with Gasteiger partial charge in [-0.15, -0.1) is 0 Å². The van der Waals surface area contributed by atoms with Crippen LogP contribution in [0.25, 0.3) is 0 Å². The highest BCUT2D eigenvalue weighted by molar-refractivity contribution is 7.83. The number of aryl methyl sites for hydroxylation is 1. The van der Waals surface area contributed by atoms with Gasteiger partial charge in [0.2, 0.25) is 0 Å². The standard InChI is InChI=1S/C17H18F5N3O2S/c1-4-25-13(15(18)19)12(14(24-25)17(20,21)22)16(26)23-11-7-5-6-10(9(11)2)8-28(3)27/h5-7,15H,4,8H2,1-3H3,(H,23,26). The first-order chi connectivity index (χ1) is 13.0. The minimum atomic E-state index is -5.08. The highest BCUT2D eigenvalue weighted by atomic mass is 32.2. The summed E-state index contributed by atoms with van der Waals surface area (Å²) < 4.78 is 78.6. The first kappa shape index (κ1) is 22.0. The van der Waals surface area contributed by atoms with Crippen molar-refractivity contribution in [2.75, 3.05) is 11.6 Å². The minimum absolute atomic E-state index is 0.144. The van der Waals surface area contributed by atoms with E-state index in [1.807, 2.05) is 0 Å². The zero-order chi connectivity index (χ0) is 21.2. The van der Waals surface area contributed by atoms with Crippen LogP contribution in [0.4, 0.5) is 27.6 Å². The van der Waals surface area contributed by atoms with Gasteiger partial charge < -0.3 is 5.32 Å². The van der Waals surface area contributed by atoms with Gasteiger partial charge in [0.25, 0.3) is 12.3 Å². The number of aromatic nitrogens is 2. The Morgan fingerprint density at radius 3 is 2.46 bits per heavy atom. The monoisotopic (exact) mass is 423 g/mol. The summed E-state index contributed by atoms with van der Waals surface area (Å²) in [6.45, 7) is 2.68. The number of nitrogens with one attached hydrogen (secondary N) is 1. The fourth-order valence-corrected chi connectivity index (χ4v) is 3.49. The van der Waals surface area contributed by atoms with Crippen LogP contribution in [0, 0.1) is 6.92 Å². The summed E-state index contributed by atoms with van der Waals surface area (Å²) in [7, 11) is -1.18. The topological polar surface area (TPSA) is 64.0 Å². The van der Waals surface area contributed by atoms with Gasteiger partial charge in [0, 0.05) is 35.0 Å². The Labute approximate surface area is 160 Å². The smallest absolute Gasteiger partial charge is 0.322 e. The van der Waals surface area contributed by atoms with E-state index < -0.39 is 46.3 Å². The highest BCUT2D eigenvalue weighted by Crippen LogP contribution is 2.36. The van der Waals surface area contributed by atoms with Crippen LogP contribution >= 0.6 is 0 Å². The molecule has 0 saturated heterocycles. The number of anilines is 1. The second kappa shape index (κ2) is 8.38. The number of rotatable bonds is 6. The Bertz CT molecular complexity index is 909. The molecule has 154 valence electrons. The summed E-state index contributed by atoms with van der Waals surface area (Å²) in [6.07, 6.45) is -6.92. The first-order valence-corrected chi connectivity index (χ1v) is 9.86. The lowest BCUT2D eigenvalue weighted by molar-refractivity contribution is -0.141. The predicted octanol–water partition coefficient (Wildman–Crippen LogP) is 4.30. The molecule has 0 aliphatic heterocycles. The first-order valence-electron chi connectivity index (χ1n) is 8.13. The van der Waals surface area contributed by atoms with Gasteiger partial charge >= 0.3 is 6.18 Å². The highest BCUT2D eigenvalue weighted by Gasteiger charge is 2.43. The van der Waals surface area contributed by atoms with Crippen molar-refractivity contribution in [3.63, 3.8) is 0 Å². The molecular weight excluding hydrogens is 405 g/mol. The van der Waals surface area contributed by atoms with Crippen molar-refractivity contribution in [2.45, 2.75) is 38.7 Å². The third-order valence-electron chi connectivity index (χ3n) is 4.05. The largest absolute Gasteiger partial charge is 0.435 e. The average Bonchev–Trinajstić information content (AvgIpc) is 2.98. The molecule has 1 atom stereocenters. The Morgan fingerprint density at radius 1 is 1.32 bits per heavy atom. The molecule has 2 aromatic rings. The number of benzene rings is 1. The van der Waals surface area contributed by atoms with Gasteiger partial charge in [-0.1, -0.05) is 12.1 Å². The lowest BCUT2D eigenvalue weighted by Crippen LogP contribution is -2.20. The van der Waals surface area contributed by atoms with E-state index in [2.05, 4.69) is 10.4 Å². The molecule has 1 amide bonds. The third-order valence-corrected chi connectivity index (χ3v) is 4.76. The van der Waals surface area contributed by atoms with Crippen LogP contribution in [0.1, 0.15) is 46.2 Å². The number of carbonyl (C=O) groups excluding carboxylic acids is 1. The molecule has 0 aliphatic carbocycles. The molecule has 2 rings (SSSR count). The molecule has 28 heavy (non-hydrogen) atoms. The normalized spacial score (nSPS) is 13.0. The average molecular weight is 423 g/mol. The number of hydrogen-bond acceptors (Lipinski definition) is 3. The molecule has 0 radical (unpaired) electrons. The summed E-state index contributed by atoms with van der Waals surface area (Å²) in [5, 5.41) is 5.43. The SMILES string of the molecule is CCn1nc(C(F)(F)F)c(C(=O)Nc2cccc(CS(C)=O)c2C)c1C(F)F. The van der Waals surface area contributed by atoms with Crippen molar-refractivity contribution < 1.29 is 31.0 Å². The Morgan fingerprint density at radius 2 is 1.96 bits per heavy atom. The molecule has 0 saturated carbocycles. The Hall–Kier alpha value is -2.30. The van der Waals surface area contributed by atoms with E-state index in [0.717, 1.165) is 0 Å². The predicted molar refractivity (Wildman–Crippen MR) is 94.8 cm³/mol. The molecule has 0 bridgehead atoms. The van der Waals surface area contributed by atoms with Crippen molar-refractivity contribution >= 4 is 22.4 Å². The number of halogens is 5. The number of alkyl halides is 5. The lowest BCUT2D eigenvalue weighted by atomic mass is 10.1. The molecule has 1 heterocycles. The lowest BCUT2D eigenvalue weighted by Gasteiger charge is -2.13. The van der Waals surface area contributed by atoms with E-state index >= 15 is 0 Å². The van der Waals surface area contributed by atoms with E-state index in [9.17, 15) is 31.0 Å². The van der Waals surface area contributed by atoms with Crippen LogP contribution < -0.4 is 5.32 Å². The van der Waals surface area contributed by atoms with Gasteiger partial charge in [0.1, 0.15) is 5.69 Å². The molecule has 1 aromatic carbocycles. The van der Waals surface area contributed by atoms with E-state index in [-0.39, 0.29) is 18.0 Å². The zero-order valence-corrected chi connectivity index (χ0v) is 16.0. The number of hydrogen-bond donors (Lipinski definition) is 1. The van der Waals surface area contributed by atoms with Crippen molar-refractivity contribution in [3.8, 4) is 0 Å². The van der Waals surface area contributed by atoms with Crippen LogP contribution in [0.3, 0.4) is 0 Å². The van der Waals surface area contributed by atoms with Crippen LogP contribution in [-0.4, -0.2) is 26.2 Å². The molecule has 0 fully saturated rings. The summed E-state index contributed by atoms with van der Waals surface area (Å²) in [6, 6.07) is 4.61.